The van der Waals surface area contributed by atoms with Crippen molar-refractivity contribution in [2.45, 2.75) is 11.3 Å². The third-order valence-electron chi connectivity index (χ3n) is 5.16. The van der Waals surface area contributed by atoms with Gasteiger partial charge in [0, 0.05) is 40.4 Å². The summed E-state index contributed by atoms with van der Waals surface area (Å²) in [5.74, 6) is -1.01. The number of hydrogen-bond acceptors (Lipinski definition) is 5. The van der Waals surface area contributed by atoms with Crippen molar-refractivity contribution >= 4 is 37.5 Å². The number of amides is 1. The number of carbonyl (C=O) groups excluding carboxylic acids is 1. The number of sulfonamides is 1. The molecule has 0 fully saturated rings. The molecule has 0 unspecified atom stereocenters. The lowest BCUT2D eigenvalue weighted by molar-refractivity contribution is -0.117. The van der Waals surface area contributed by atoms with E-state index in [1.165, 1.54) is 57.4 Å². The molecule has 1 heterocycles. The summed E-state index contributed by atoms with van der Waals surface area (Å²) in [4.78, 5) is 14.7. The molecule has 1 amide bonds. The monoisotopic (exact) mass is 484 g/mol. The first-order valence-corrected chi connectivity index (χ1v) is 12.5. The molecule has 0 saturated carbocycles. The molecule has 1 aliphatic rings. The maximum Gasteiger partial charge on any atom is 0.304 e. The van der Waals surface area contributed by atoms with E-state index in [1.807, 2.05) is 0 Å². The largest absolute Gasteiger partial charge is 0.310 e. The van der Waals surface area contributed by atoms with E-state index in [0.717, 1.165) is 25.0 Å². The van der Waals surface area contributed by atoms with Gasteiger partial charge in [0.1, 0.15) is 12.4 Å². The number of anilines is 2. The Balaban J connectivity index is 1.92. The molecule has 2 aromatic carbocycles. The topological polar surface area (TPSA) is 98.3 Å². The molecule has 1 aliphatic heterocycles. The van der Waals surface area contributed by atoms with E-state index in [2.05, 4.69) is 0 Å². The van der Waals surface area contributed by atoms with Crippen LogP contribution in [0.2, 0.25) is 0 Å². The highest BCUT2D eigenvalue weighted by molar-refractivity contribution is 7.90. The molecular weight excluding hydrogens is 459 g/mol. The predicted octanol–water partition coefficient (Wildman–Crippen LogP) is 1.28. The van der Waals surface area contributed by atoms with E-state index in [-0.39, 0.29) is 10.6 Å². The summed E-state index contributed by atoms with van der Waals surface area (Å²) in [5.41, 5.74) is 1.37. The molecule has 32 heavy (non-hydrogen) atoms. The number of rotatable bonds is 7. The van der Waals surface area contributed by atoms with Crippen molar-refractivity contribution in [2.24, 2.45) is 0 Å². The molecular formula is C20H25FN4O5S2. The van der Waals surface area contributed by atoms with Crippen LogP contribution in [0.25, 0.3) is 0 Å². The van der Waals surface area contributed by atoms with E-state index >= 15 is 0 Å². The zero-order valence-corrected chi connectivity index (χ0v) is 19.8. The maximum absolute atomic E-state index is 13.3. The Bertz CT molecular complexity index is 1230. The summed E-state index contributed by atoms with van der Waals surface area (Å²) in [6.07, 6.45) is 0.439. The standard InChI is InChI=1S/C20H25FN4O5S2/c1-22(2)31(27,28)18-9-10-19-15(13-18)11-12-24(19)20(26)14-25(32(29,30)23(3)4)17-7-5-16(21)6-8-17/h5-10,13H,11-12,14H2,1-4H3. The molecule has 0 spiro atoms. The van der Waals surface area contributed by atoms with Gasteiger partial charge < -0.3 is 4.90 Å². The number of halogens is 1. The SMILES string of the molecule is CN(C)S(=O)(=O)c1ccc2c(c1)CCN2C(=O)CN(c1ccc(F)cc1)S(=O)(=O)N(C)C. The fourth-order valence-corrected chi connectivity index (χ4v) is 5.34. The Kier molecular flexibility index (Phi) is 6.61. The van der Waals surface area contributed by atoms with E-state index in [4.69, 9.17) is 0 Å². The van der Waals surface area contributed by atoms with Gasteiger partial charge in [0.2, 0.25) is 15.9 Å². The smallest absolute Gasteiger partial charge is 0.304 e. The highest BCUT2D eigenvalue weighted by Crippen LogP contribution is 2.31. The van der Waals surface area contributed by atoms with Crippen LogP contribution in [0.15, 0.2) is 47.4 Å². The van der Waals surface area contributed by atoms with Gasteiger partial charge in [0.25, 0.3) is 0 Å². The molecule has 174 valence electrons. The van der Waals surface area contributed by atoms with E-state index in [0.29, 0.717) is 24.2 Å². The average molecular weight is 485 g/mol. The van der Waals surface area contributed by atoms with Crippen molar-refractivity contribution in [3.63, 3.8) is 0 Å². The first kappa shape index (κ1) is 24.1. The van der Waals surface area contributed by atoms with Crippen LogP contribution in [0.5, 0.6) is 0 Å². The molecule has 0 bridgehead atoms. The van der Waals surface area contributed by atoms with Gasteiger partial charge in [0.05, 0.1) is 10.6 Å². The molecule has 9 nitrogen and oxygen atoms in total. The third-order valence-corrected chi connectivity index (χ3v) is 8.79. The quantitative estimate of drug-likeness (QED) is 0.590. The van der Waals surface area contributed by atoms with Crippen molar-refractivity contribution in [1.29, 1.82) is 0 Å². The summed E-state index contributed by atoms with van der Waals surface area (Å²) in [7, 11) is -2.09. The van der Waals surface area contributed by atoms with Crippen molar-refractivity contribution in [3.8, 4) is 0 Å². The summed E-state index contributed by atoms with van der Waals surface area (Å²) >= 11 is 0. The number of benzene rings is 2. The van der Waals surface area contributed by atoms with Gasteiger partial charge in [-0.15, -0.1) is 0 Å². The Morgan fingerprint density at radius 3 is 2.16 bits per heavy atom. The minimum atomic E-state index is -4.03. The second kappa shape index (κ2) is 8.77. The lowest BCUT2D eigenvalue weighted by atomic mass is 10.2. The van der Waals surface area contributed by atoms with E-state index in [9.17, 15) is 26.0 Å². The molecule has 2 aromatic rings. The molecule has 3 rings (SSSR count). The highest BCUT2D eigenvalue weighted by Gasteiger charge is 2.32. The number of hydrogen-bond donors (Lipinski definition) is 0. The van der Waals surface area contributed by atoms with Crippen molar-refractivity contribution in [3.05, 3.63) is 53.8 Å². The van der Waals surface area contributed by atoms with Gasteiger partial charge in [-0.3, -0.25) is 4.79 Å². The maximum atomic E-state index is 13.3. The molecule has 12 heteroatoms. The van der Waals surface area contributed by atoms with Crippen LogP contribution in [-0.4, -0.2) is 72.6 Å². The molecule has 0 radical (unpaired) electrons. The Morgan fingerprint density at radius 2 is 1.59 bits per heavy atom. The highest BCUT2D eigenvalue weighted by atomic mass is 32.2. The van der Waals surface area contributed by atoms with Crippen LogP contribution < -0.4 is 9.21 Å². The summed E-state index contributed by atoms with van der Waals surface area (Å²) in [6.45, 7) is -0.206. The van der Waals surface area contributed by atoms with Crippen LogP contribution in [0.3, 0.4) is 0 Å². The zero-order valence-electron chi connectivity index (χ0n) is 18.2. The molecule has 0 atom stereocenters. The van der Waals surface area contributed by atoms with Gasteiger partial charge in [0.15, 0.2) is 0 Å². The molecule has 0 N–H and O–H groups in total. The van der Waals surface area contributed by atoms with Gasteiger partial charge in [-0.2, -0.15) is 12.7 Å². The fourth-order valence-electron chi connectivity index (χ4n) is 3.33. The Labute approximate surface area is 187 Å². The lowest BCUT2D eigenvalue weighted by Gasteiger charge is -2.29. The Morgan fingerprint density at radius 1 is 0.969 bits per heavy atom. The molecule has 0 aliphatic carbocycles. The van der Waals surface area contributed by atoms with Crippen LogP contribution in [0.4, 0.5) is 15.8 Å². The fraction of sp³-hybridized carbons (Fsp3) is 0.350. The first-order chi connectivity index (χ1) is 14.9. The van der Waals surface area contributed by atoms with Gasteiger partial charge in [-0.05, 0) is 54.4 Å². The molecule has 0 aromatic heterocycles. The predicted molar refractivity (Wildman–Crippen MR) is 120 cm³/mol. The van der Waals surface area contributed by atoms with Gasteiger partial charge in [-0.25, -0.2) is 21.4 Å². The minimum absolute atomic E-state index is 0.124. The zero-order chi connectivity index (χ0) is 23.8. The summed E-state index contributed by atoms with van der Waals surface area (Å²) in [5, 5.41) is 0. The van der Waals surface area contributed by atoms with Gasteiger partial charge in [-0.1, -0.05) is 0 Å². The van der Waals surface area contributed by atoms with Crippen molar-refractivity contribution in [2.75, 3.05) is 50.5 Å². The van der Waals surface area contributed by atoms with Crippen molar-refractivity contribution in [1.82, 2.24) is 8.61 Å². The Hall–Kier alpha value is -2.54. The summed E-state index contributed by atoms with van der Waals surface area (Å²) < 4.78 is 66.8. The first-order valence-electron chi connectivity index (χ1n) is 9.67. The second-order valence-corrected chi connectivity index (χ2v) is 11.9. The van der Waals surface area contributed by atoms with Crippen molar-refractivity contribution < 1.29 is 26.0 Å². The summed E-state index contributed by atoms with van der Waals surface area (Å²) in [6, 6.07) is 9.34. The van der Waals surface area contributed by atoms with Crippen LogP contribution >= 0.6 is 0 Å². The lowest BCUT2D eigenvalue weighted by Crippen LogP contribution is -2.46. The normalized spacial score (nSPS) is 14.2. The third kappa shape index (κ3) is 4.49. The van der Waals surface area contributed by atoms with E-state index in [1.54, 1.807) is 6.07 Å². The van der Waals surface area contributed by atoms with Crippen LogP contribution in [0.1, 0.15) is 5.56 Å². The van der Waals surface area contributed by atoms with E-state index < -0.39 is 38.5 Å². The van der Waals surface area contributed by atoms with Gasteiger partial charge >= 0.3 is 10.2 Å². The number of fused-ring (bicyclic) bond motifs is 1. The second-order valence-electron chi connectivity index (χ2n) is 7.65. The average Bonchev–Trinajstić information content (AvgIpc) is 3.15. The number of carbonyl (C=O) groups is 1. The van der Waals surface area contributed by atoms with Crippen LogP contribution in [-0.2, 0) is 31.4 Å². The molecule has 0 saturated heterocycles. The van der Waals surface area contributed by atoms with Crippen LogP contribution in [0, 0.1) is 5.82 Å². The number of nitrogens with zero attached hydrogens (tertiary/aromatic N) is 4. The minimum Gasteiger partial charge on any atom is -0.310 e.